The Morgan fingerprint density at radius 1 is 0.739 bits per heavy atom. The number of aliphatic hydroxyl groups is 1. The maximum atomic E-state index is 11.6. The van der Waals surface area contributed by atoms with Gasteiger partial charge in [-0.2, -0.15) is 0 Å². The van der Waals surface area contributed by atoms with Gasteiger partial charge in [0.2, 0.25) is 0 Å². The average Bonchev–Trinajstić information content (AvgIpc) is 3.51. The molecule has 6 nitrogen and oxygen atoms in total. The van der Waals surface area contributed by atoms with E-state index < -0.39 is 0 Å². The maximum absolute atomic E-state index is 11.6. The van der Waals surface area contributed by atoms with E-state index in [4.69, 9.17) is 9.47 Å². The molecule has 0 saturated heterocycles. The molecule has 0 aromatic rings. The summed E-state index contributed by atoms with van der Waals surface area (Å²) in [6.45, 7) is 7.70. The molecule has 0 spiro atoms. The molecule has 0 bridgehead atoms. The van der Waals surface area contributed by atoms with Crippen molar-refractivity contribution in [1.29, 1.82) is 0 Å². The first-order valence-corrected chi connectivity index (χ1v) is 18.7. The number of ether oxygens (including phenoxy) is 2. The lowest BCUT2D eigenvalue weighted by atomic mass is 9.52. The number of hydrogen-bond acceptors (Lipinski definition) is 6. The summed E-state index contributed by atoms with van der Waals surface area (Å²) in [7, 11) is 0. The van der Waals surface area contributed by atoms with E-state index in [-0.39, 0.29) is 35.0 Å². The minimum Gasteiger partial charge on any atom is -0.462 e. The Balaban J connectivity index is 0.000000152. The molecule has 8 rings (SSSR count). The Kier molecular flexibility index (Phi) is 8.68. The molecule has 0 aromatic heterocycles. The van der Waals surface area contributed by atoms with Crippen molar-refractivity contribution in [3.63, 3.8) is 0 Å². The first-order chi connectivity index (χ1) is 22.0. The average molecular weight is 633 g/mol. The maximum Gasteiger partial charge on any atom is 0.307 e. The molecular formula is C40H56O6. The normalized spacial score (nSPS) is 45.4. The third kappa shape index (κ3) is 5.56. The summed E-state index contributed by atoms with van der Waals surface area (Å²) in [4.78, 5) is 34.4. The third-order valence-corrected chi connectivity index (χ3v) is 14.8. The molecular weight excluding hydrogens is 576 g/mol. The van der Waals surface area contributed by atoms with Gasteiger partial charge in [-0.3, -0.25) is 14.4 Å². The second-order valence-corrected chi connectivity index (χ2v) is 16.9. The fraction of sp³-hybridized carbons (Fsp3) is 0.775. The molecule has 1 N–H and O–H groups in total. The highest BCUT2D eigenvalue weighted by Crippen LogP contribution is 2.63. The van der Waals surface area contributed by atoms with Crippen LogP contribution in [0.25, 0.3) is 0 Å². The van der Waals surface area contributed by atoms with Crippen molar-refractivity contribution in [1.82, 2.24) is 0 Å². The number of carbonyl (C=O) groups excluding carboxylic acids is 3. The molecule has 6 heteroatoms. The fourth-order valence-electron chi connectivity index (χ4n) is 12.7. The first-order valence-electron chi connectivity index (χ1n) is 18.7. The van der Waals surface area contributed by atoms with Gasteiger partial charge in [0.15, 0.2) is 5.78 Å². The Morgan fingerprint density at radius 2 is 1.43 bits per heavy atom. The van der Waals surface area contributed by atoms with Crippen molar-refractivity contribution < 1.29 is 29.0 Å². The Labute approximate surface area is 275 Å². The second kappa shape index (κ2) is 12.3. The highest BCUT2D eigenvalue weighted by atomic mass is 16.5. The molecule has 0 radical (unpaired) electrons. The number of esters is 2. The Bertz CT molecular complexity index is 1340. The van der Waals surface area contributed by atoms with E-state index in [1.165, 1.54) is 63.5 Å². The molecule has 252 valence electrons. The van der Waals surface area contributed by atoms with E-state index >= 15 is 0 Å². The lowest BCUT2D eigenvalue weighted by molar-refractivity contribution is -0.155. The van der Waals surface area contributed by atoms with Gasteiger partial charge in [-0.1, -0.05) is 25.5 Å². The number of fused-ring (bicyclic) bond motifs is 10. The van der Waals surface area contributed by atoms with Crippen molar-refractivity contribution in [2.75, 3.05) is 0 Å². The van der Waals surface area contributed by atoms with Gasteiger partial charge in [0.05, 0.1) is 6.10 Å². The van der Waals surface area contributed by atoms with E-state index in [1.807, 2.05) is 6.08 Å². The van der Waals surface area contributed by atoms with Gasteiger partial charge in [0.1, 0.15) is 11.9 Å². The van der Waals surface area contributed by atoms with Crippen LogP contribution in [0.15, 0.2) is 35.1 Å². The van der Waals surface area contributed by atoms with Crippen LogP contribution in [0.5, 0.6) is 0 Å². The number of hydrogen-bond donors (Lipinski definition) is 1. The van der Waals surface area contributed by atoms with Crippen molar-refractivity contribution in [2.45, 2.75) is 136 Å². The molecule has 8 unspecified atom stereocenters. The first kappa shape index (κ1) is 32.3. The van der Waals surface area contributed by atoms with Crippen molar-refractivity contribution >= 4 is 17.7 Å². The van der Waals surface area contributed by atoms with Crippen LogP contribution in [-0.2, 0) is 23.9 Å². The van der Waals surface area contributed by atoms with E-state index in [1.54, 1.807) is 0 Å². The van der Waals surface area contributed by atoms with E-state index in [0.29, 0.717) is 29.5 Å². The number of aliphatic hydroxyl groups excluding tert-OH is 1. The number of allylic oxidation sites excluding steroid dienone is 5. The minimum absolute atomic E-state index is 0.0710. The van der Waals surface area contributed by atoms with Crippen LogP contribution in [0, 0.1) is 58.2 Å². The molecule has 5 fully saturated rings. The van der Waals surface area contributed by atoms with Crippen molar-refractivity contribution in [3.05, 3.63) is 35.1 Å². The van der Waals surface area contributed by atoms with Crippen LogP contribution < -0.4 is 0 Å². The van der Waals surface area contributed by atoms with E-state index in [0.717, 1.165) is 87.2 Å². The topological polar surface area (TPSA) is 89.9 Å². The van der Waals surface area contributed by atoms with Gasteiger partial charge in [-0.05, 0) is 154 Å². The van der Waals surface area contributed by atoms with Crippen LogP contribution in [0.1, 0.15) is 124 Å². The number of rotatable bonds is 2. The van der Waals surface area contributed by atoms with Crippen LogP contribution in [0.3, 0.4) is 0 Å². The fourth-order valence-corrected chi connectivity index (χ4v) is 12.7. The van der Waals surface area contributed by atoms with Crippen LogP contribution in [0.4, 0.5) is 0 Å². The zero-order chi connectivity index (χ0) is 32.4. The number of ketones is 1. The molecule has 5 saturated carbocycles. The smallest absolute Gasteiger partial charge is 0.307 e. The SMILES string of the molecule is CC(=O)OC1=CC2=CCC3C(CC[C@@]4(C)C3CC[C@@H]4OC(C)=O)C2CC1.C[C@]12CCC3C4CCC(=O)C=C4CCC3C1CC[C@@H]2O. The predicted octanol–water partition coefficient (Wildman–Crippen LogP) is 8.04. The number of carbonyl (C=O) groups is 3. The van der Waals surface area contributed by atoms with E-state index in [2.05, 4.69) is 26.0 Å². The van der Waals surface area contributed by atoms with E-state index in [9.17, 15) is 19.5 Å². The lowest BCUT2D eigenvalue weighted by Gasteiger charge is -2.53. The molecule has 0 aliphatic heterocycles. The lowest BCUT2D eigenvalue weighted by Crippen LogP contribution is -2.47. The van der Waals surface area contributed by atoms with Crippen LogP contribution >= 0.6 is 0 Å². The largest absolute Gasteiger partial charge is 0.462 e. The van der Waals surface area contributed by atoms with Gasteiger partial charge in [0.25, 0.3) is 0 Å². The molecule has 0 aromatic carbocycles. The zero-order valence-corrected chi connectivity index (χ0v) is 28.6. The summed E-state index contributed by atoms with van der Waals surface area (Å²) in [5.41, 5.74) is 3.18. The molecule has 12 atom stereocenters. The van der Waals surface area contributed by atoms with Crippen molar-refractivity contribution in [3.8, 4) is 0 Å². The van der Waals surface area contributed by atoms with Gasteiger partial charge in [0, 0.05) is 32.1 Å². The third-order valence-electron chi connectivity index (χ3n) is 14.8. The van der Waals surface area contributed by atoms with Gasteiger partial charge in [-0.15, -0.1) is 0 Å². The summed E-state index contributed by atoms with van der Waals surface area (Å²) in [6, 6.07) is 0. The molecule has 0 amide bonds. The van der Waals surface area contributed by atoms with Crippen molar-refractivity contribution in [2.24, 2.45) is 58.2 Å². The quantitative estimate of drug-likeness (QED) is 0.310. The molecule has 8 aliphatic carbocycles. The van der Waals surface area contributed by atoms with Gasteiger partial charge < -0.3 is 14.6 Å². The minimum atomic E-state index is -0.222. The van der Waals surface area contributed by atoms with Gasteiger partial charge >= 0.3 is 11.9 Å². The summed E-state index contributed by atoms with van der Waals surface area (Å²) < 4.78 is 11.1. The summed E-state index contributed by atoms with van der Waals surface area (Å²) in [6.07, 6.45) is 23.1. The highest BCUT2D eigenvalue weighted by Gasteiger charge is 2.58. The highest BCUT2D eigenvalue weighted by molar-refractivity contribution is 5.91. The molecule has 0 heterocycles. The standard InChI is InChI=1S/C22H30O4.C18H26O2/c1-13(23)25-16-5-7-17-15(12-16)4-6-19-18(17)10-11-22(3)20(19)8-9-21(22)26-14(2)24;1-18-9-8-14-13-5-3-12(19)10-11(13)2-4-15(14)16(18)6-7-17(18)20/h4,12,17-21H,5-11H2,1-3H3;10,13-17,20H,2-9H2,1H3/t17?,18?,19?,20?,21-,22-;13?,14?,15?,16?,17-,18-/m00/s1. The Hall–Kier alpha value is -2.21. The monoisotopic (exact) mass is 632 g/mol. The van der Waals surface area contributed by atoms with Crippen LogP contribution in [0.2, 0.25) is 0 Å². The molecule has 8 aliphatic rings. The summed E-state index contributed by atoms with van der Waals surface area (Å²) in [5, 5.41) is 10.4. The summed E-state index contributed by atoms with van der Waals surface area (Å²) >= 11 is 0. The van der Waals surface area contributed by atoms with Gasteiger partial charge in [-0.25, -0.2) is 0 Å². The zero-order valence-electron chi connectivity index (χ0n) is 28.6. The second-order valence-electron chi connectivity index (χ2n) is 16.9. The molecule has 46 heavy (non-hydrogen) atoms. The Morgan fingerprint density at radius 3 is 2.20 bits per heavy atom. The predicted molar refractivity (Wildman–Crippen MR) is 176 cm³/mol. The summed E-state index contributed by atoms with van der Waals surface area (Å²) in [5.74, 6) is 6.53. The van der Waals surface area contributed by atoms with Crippen LogP contribution in [-0.4, -0.2) is 35.0 Å².